The van der Waals surface area contributed by atoms with E-state index in [1.165, 1.54) is 36.8 Å². The molecule has 0 radical (unpaired) electrons. The van der Waals surface area contributed by atoms with E-state index in [-0.39, 0.29) is 5.41 Å². The van der Waals surface area contributed by atoms with Crippen LogP contribution in [0.5, 0.6) is 0 Å². The van der Waals surface area contributed by atoms with E-state index in [0.717, 1.165) is 55.3 Å². The molecule has 1 aromatic heterocycles. The Balaban J connectivity index is 1.32. The Hall–Kier alpha value is -1.44. The molecule has 2 heterocycles. The van der Waals surface area contributed by atoms with E-state index in [2.05, 4.69) is 49.9 Å². The smallest absolute Gasteiger partial charge is 0.150 e. The molecule has 184 valence electrons. The largest absolute Gasteiger partial charge is 0.355 e. The highest BCUT2D eigenvalue weighted by atomic mass is 32.2. The zero-order valence-corrected chi connectivity index (χ0v) is 22.4. The summed E-state index contributed by atoms with van der Waals surface area (Å²) in [6.07, 6.45) is 11.5. The number of fused-ring (bicyclic) bond motifs is 1. The second kappa shape index (κ2) is 9.55. The number of aromatic nitrogens is 2. The lowest BCUT2D eigenvalue weighted by Crippen LogP contribution is -2.45. The fourth-order valence-corrected chi connectivity index (χ4v) is 8.00. The summed E-state index contributed by atoms with van der Waals surface area (Å²) in [5, 5.41) is 7.70. The van der Waals surface area contributed by atoms with Crippen LogP contribution < -0.4 is 10.0 Å². The van der Waals surface area contributed by atoms with Crippen molar-refractivity contribution in [1.82, 2.24) is 9.97 Å². The van der Waals surface area contributed by atoms with Crippen LogP contribution in [0.3, 0.4) is 0 Å². The lowest BCUT2D eigenvalue weighted by Gasteiger charge is -2.45. The van der Waals surface area contributed by atoms with Gasteiger partial charge in [-0.1, -0.05) is 37.1 Å². The average Bonchev–Trinajstić information content (AvgIpc) is 3.41. The predicted octanol–water partition coefficient (Wildman–Crippen LogP) is 5.54. The molecule has 0 amide bonds. The van der Waals surface area contributed by atoms with Gasteiger partial charge < -0.3 is 4.90 Å². The van der Waals surface area contributed by atoms with Gasteiger partial charge in [0.2, 0.25) is 0 Å². The molecule has 1 unspecified atom stereocenters. The topological polar surface area (TPSA) is 72.1 Å². The van der Waals surface area contributed by atoms with E-state index in [1.807, 2.05) is 18.0 Å². The predicted molar refractivity (Wildman–Crippen MR) is 143 cm³/mol. The number of hydrogen-bond donors (Lipinski definition) is 1. The Morgan fingerprint density at radius 2 is 1.91 bits per heavy atom. The average molecular weight is 499 g/mol. The summed E-state index contributed by atoms with van der Waals surface area (Å²) < 4.78 is 11.9. The summed E-state index contributed by atoms with van der Waals surface area (Å²) in [4.78, 5) is 12.2. The van der Waals surface area contributed by atoms with Gasteiger partial charge in [0, 0.05) is 18.3 Å². The van der Waals surface area contributed by atoms with Gasteiger partial charge in [-0.15, -0.1) is 11.8 Å². The Labute approximate surface area is 211 Å². The number of piperidine rings is 1. The number of nitrogens with two attached hydrogens (primary N) is 1. The third-order valence-corrected chi connectivity index (χ3v) is 11.0. The highest BCUT2D eigenvalue weighted by molar-refractivity contribution is 7.99. The number of nitrogens with zero attached hydrogens (tertiary/aromatic N) is 3. The molecule has 2 aliphatic carbocycles. The van der Waals surface area contributed by atoms with Crippen molar-refractivity contribution in [3.63, 3.8) is 0 Å². The van der Waals surface area contributed by atoms with Crippen LogP contribution in [-0.2, 0) is 17.4 Å². The minimum atomic E-state index is -1.34. The molecule has 1 saturated heterocycles. The fourth-order valence-electron chi connectivity index (χ4n) is 6.45. The van der Waals surface area contributed by atoms with E-state index in [9.17, 15) is 4.21 Å². The van der Waals surface area contributed by atoms with Crippen molar-refractivity contribution < 1.29 is 4.21 Å². The standard InChI is InChI=1S/C27H38N4OS2/c1-19-25(29-18-24(30-19)33-21-9-5-6-10-21)31-14-12-27(13-15-31)16-20-8-4-7-11-22(20)23(27)17-26(2,3)34(28)32/h4,7-8,11,18,21,23H,5-6,9-10,12-17,28H2,1-3H3/t23-,34?/m1/s1. The van der Waals surface area contributed by atoms with Crippen LogP contribution in [0.1, 0.15) is 81.5 Å². The van der Waals surface area contributed by atoms with Gasteiger partial charge in [-0.2, -0.15) is 0 Å². The first-order valence-electron chi connectivity index (χ1n) is 12.8. The van der Waals surface area contributed by atoms with Crippen LogP contribution in [0, 0.1) is 12.3 Å². The molecule has 3 aliphatic rings. The molecule has 7 heteroatoms. The highest BCUT2D eigenvalue weighted by Crippen LogP contribution is 2.56. The van der Waals surface area contributed by atoms with Gasteiger partial charge in [0.15, 0.2) is 0 Å². The summed E-state index contributed by atoms with van der Waals surface area (Å²) in [7, 11) is -1.34. The minimum Gasteiger partial charge on any atom is -0.355 e. The quantitative estimate of drug-likeness (QED) is 0.566. The summed E-state index contributed by atoms with van der Waals surface area (Å²) in [6, 6.07) is 8.87. The Bertz CT molecular complexity index is 1060. The van der Waals surface area contributed by atoms with E-state index < -0.39 is 15.7 Å². The number of hydrogen-bond acceptors (Lipinski definition) is 5. The van der Waals surface area contributed by atoms with Crippen molar-refractivity contribution in [3.8, 4) is 0 Å². The van der Waals surface area contributed by atoms with Crippen molar-refractivity contribution >= 4 is 28.6 Å². The summed E-state index contributed by atoms with van der Waals surface area (Å²) in [5.41, 5.74) is 4.16. The third kappa shape index (κ3) is 4.68. The van der Waals surface area contributed by atoms with E-state index in [1.54, 1.807) is 0 Å². The van der Waals surface area contributed by atoms with Crippen LogP contribution in [0.4, 0.5) is 5.82 Å². The van der Waals surface area contributed by atoms with Gasteiger partial charge in [-0.25, -0.2) is 14.2 Å². The number of aryl methyl sites for hydroxylation is 1. The number of thioether (sulfide) groups is 1. The van der Waals surface area contributed by atoms with Crippen LogP contribution in [0.15, 0.2) is 35.5 Å². The molecular formula is C27H38N4OS2. The fraction of sp³-hybridized carbons (Fsp3) is 0.630. The van der Waals surface area contributed by atoms with Crippen molar-refractivity contribution in [1.29, 1.82) is 0 Å². The number of anilines is 1. The van der Waals surface area contributed by atoms with E-state index in [4.69, 9.17) is 15.1 Å². The molecule has 1 saturated carbocycles. The Morgan fingerprint density at radius 3 is 2.59 bits per heavy atom. The summed E-state index contributed by atoms with van der Waals surface area (Å²) >= 11 is 1.91. The third-order valence-electron chi connectivity index (χ3n) is 8.50. The van der Waals surface area contributed by atoms with Gasteiger partial charge in [0.25, 0.3) is 0 Å². The SMILES string of the molecule is Cc1nc(SC2CCCC2)cnc1N1CCC2(CC1)Cc1ccccc1[C@H]2CC(C)(C)S(N)=O. The van der Waals surface area contributed by atoms with Crippen LogP contribution in [0.2, 0.25) is 0 Å². The van der Waals surface area contributed by atoms with Gasteiger partial charge >= 0.3 is 0 Å². The van der Waals surface area contributed by atoms with Gasteiger partial charge in [-0.3, -0.25) is 5.14 Å². The first-order chi connectivity index (χ1) is 16.3. The van der Waals surface area contributed by atoms with Crippen LogP contribution in [0.25, 0.3) is 0 Å². The van der Waals surface area contributed by atoms with E-state index >= 15 is 0 Å². The molecule has 1 spiro atoms. The molecule has 2 atom stereocenters. The van der Waals surface area contributed by atoms with Crippen LogP contribution >= 0.6 is 11.8 Å². The van der Waals surface area contributed by atoms with Crippen molar-refractivity contribution in [3.05, 3.63) is 47.3 Å². The molecule has 5 rings (SSSR count). The second-order valence-corrected chi connectivity index (χ2v) is 14.2. The zero-order chi connectivity index (χ0) is 23.9. The lowest BCUT2D eigenvalue weighted by molar-refractivity contribution is 0.170. The monoisotopic (exact) mass is 498 g/mol. The molecule has 2 fully saturated rings. The highest BCUT2D eigenvalue weighted by Gasteiger charge is 2.49. The number of rotatable bonds is 6. The minimum absolute atomic E-state index is 0.205. The normalized spacial score (nSPS) is 23.4. The molecule has 34 heavy (non-hydrogen) atoms. The van der Waals surface area contributed by atoms with E-state index in [0.29, 0.717) is 11.2 Å². The molecular weight excluding hydrogens is 460 g/mol. The van der Waals surface area contributed by atoms with Gasteiger partial charge in [-0.05, 0) is 81.8 Å². The maximum Gasteiger partial charge on any atom is 0.150 e. The summed E-state index contributed by atoms with van der Waals surface area (Å²) in [6.45, 7) is 8.19. The van der Waals surface area contributed by atoms with Gasteiger partial charge in [0.05, 0.1) is 27.6 Å². The lowest BCUT2D eigenvalue weighted by atomic mass is 9.66. The molecule has 1 aromatic carbocycles. The first-order valence-corrected chi connectivity index (χ1v) is 14.9. The maximum absolute atomic E-state index is 12.3. The maximum atomic E-state index is 12.3. The molecule has 1 aliphatic heterocycles. The number of benzene rings is 1. The van der Waals surface area contributed by atoms with Crippen molar-refractivity contribution in [2.24, 2.45) is 10.6 Å². The zero-order valence-electron chi connectivity index (χ0n) is 20.8. The van der Waals surface area contributed by atoms with Crippen molar-refractivity contribution in [2.75, 3.05) is 18.0 Å². The molecule has 2 N–H and O–H groups in total. The molecule has 0 bridgehead atoms. The van der Waals surface area contributed by atoms with Crippen LogP contribution in [-0.4, -0.2) is 37.3 Å². The summed E-state index contributed by atoms with van der Waals surface area (Å²) in [5.74, 6) is 1.44. The Morgan fingerprint density at radius 1 is 1.21 bits per heavy atom. The molecule has 2 aromatic rings. The second-order valence-electron chi connectivity index (χ2n) is 11.2. The van der Waals surface area contributed by atoms with Crippen molar-refractivity contribution in [2.45, 2.75) is 93.1 Å². The van der Waals surface area contributed by atoms with Gasteiger partial charge in [0.1, 0.15) is 10.8 Å². The first kappa shape index (κ1) is 24.3. The Kier molecular flexibility index (Phi) is 6.81. The molecule has 5 nitrogen and oxygen atoms in total.